The number of hydrogen-bond acceptors (Lipinski definition) is 4. The minimum absolute atomic E-state index is 0.140. The summed E-state index contributed by atoms with van der Waals surface area (Å²) in [6.45, 7) is 0. The van der Waals surface area contributed by atoms with Gasteiger partial charge >= 0.3 is 5.97 Å². The number of amides is 2. The largest absolute Gasteiger partial charge is 0.481 e. The second kappa shape index (κ2) is 6.34. The van der Waals surface area contributed by atoms with Gasteiger partial charge in [0.2, 0.25) is 5.91 Å². The predicted octanol–water partition coefficient (Wildman–Crippen LogP) is 1.27. The molecule has 2 amide bonds. The van der Waals surface area contributed by atoms with Crippen LogP contribution in [0.1, 0.15) is 29.8 Å². The van der Waals surface area contributed by atoms with Gasteiger partial charge in [-0.05, 0) is 36.1 Å². The molecule has 0 spiro atoms. The summed E-state index contributed by atoms with van der Waals surface area (Å²) in [7, 11) is 1.73. The van der Waals surface area contributed by atoms with E-state index in [1.54, 1.807) is 29.9 Å². The maximum atomic E-state index is 11.8. The molecule has 6 nitrogen and oxygen atoms in total. The first-order chi connectivity index (χ1) is 9.92. The van der Waals surface area contributed by atoms with Gasteiger partial charge in [0.25, 0.3) is 5.91 Å². The molecule has 1 saturated carbocycles. The molecule has 7 heteroatoms. The second-order valence-corrected chi connectivity index (χ2v) is 6.43. The van der Waals surface area contributed by atoms with Crippen molar-refractivity contribution in [1.82, 2.24) is 9.88 Å². The predicted molar refractivity (Wildman–Crippen MR) is 79.1 cm³/mol. The number of aryl methyl sites for hydroxylation is 1. The van der Waals surface area contributed by atoms with Crippen LogP contribution in [0.5, 0.6) is 0 Å². The number of hydrogen-bond donors (Lipinski definition) is 2. The SMILES string of the molecule is Cn1cccc1C(=O)NC(=O)CSCC1(CC(=O)O)CC1. The fourth-order valence-corrected chi connectivity index (χ4v) is 3.34. The van der Waals surface area contributed by atoms with E-state index in [9.17, 15) is 14.4 Å². The Morgan fingerprint density at radius 2 is 2.14 bits per heavy atom. The number of rotatable bonds is 7. The molecule has 114 valence electrons. The van der Waals surface area contributed by atoms with Gasteiger partial charge < -0.3 is 9.67 Å². The lowest BCUT2D eigenvalue weighted by Crippen LogP contribution is -2.33. The zero-order valence-electron chi connectivity index (χ0n) is 11.8. The van der Waals surface area contributed by atoms with Gasteiger partial charge in [-0.3, -0.25) is 19.7 Å². The smallest absolute Gasteiger partial charge is 0.303 e. The summed E-state index contributed by atoms with van der Waals surface area (Å²) in [5, 5.41) is 11.1. The molecular formula is C14H18N2O4S. The standard InChI is InChI=1S/C14H18N2O4S/c1-16-6-2-3-10(16)13(20)15-11(17)8-21-9-14(4-5-14)7-12(18)19/h2-3,6H,4-5,7-9H2,1H3,(H,18,19)(H,15,17,20). The van der Waals surface area contributed by atoms with Crippen molar-refractivity contribution in [3.05, 3.63) is 24.0 Å². The van der Waals surface area contributed by atoms with Gasteiger partial charge in [-0.1, -0.05) is 0 Å². The molecule has 0 bridgehead atoms. The molecule has 0 radical (unpaired) electrons. The Labute approximate surface area is 126 Å². The maximum Gasteiger partial charge on any atom is 0.303 e. The number of aromatic nitrogens is 1. The topological polar surface area (TPSA) is 88.4 Å². The van der Waals surface area contributed by atoms with Crippen LogP contribution >= 0.6 is 11.8 Å². The molecule has 2 rings (SSSR count). The van der Waals surface area contributed by atoms with Crippen molar-refractivity contribution in [1.29, 1.82) is 0 Å². The normalized spacial score (nSPS) is 15.5. The fourth-order valence-electron chi connectivity index (χ4n) is 2.15. The van der Waals surface area contributed by atoms with E-state index in [2.05, 4.69) is 5.32 Å². The van der Waals surface area contributed by atoms with Gasteiger partial charge in [-0.2, -0.15) is 11.8 Å². The summed E-state index contributed by atoms with van der Waals surface area (Å²) < 4.78 is 1.64. The average Bonchev–Trinajstić information content (AvgIpc) is 2.98. The third-order valence-corrected chi connectivity index (χ3v) is 4.84. The van der Waals surface area contributed by atoms with Crippen molar-refractivity contribution in [3.63, 3.8) is 0 Å². The van der Waals surface area contributed by atoms with Crippen molar-refractivity contribution in [2.75, 3.05) is 11.5 Å². The van der Waals surface area contributed by atoms with E-state index in [1.165, 1.54) is 11.8 Å². The number of thioether (sulfide) groups is 1. The molecule has 1 aliphatic carbocycles. The second-order valence-electron chi connectivity index (χ2n) is 5.44. The average molecular weight is 310 g/mol. The van der Waals surface area contributed by atoms with Crippen LogP contribution < -0.4 is 5.32 Å². The van der Waals surface area contributed by atoms with Crippen LogP contribution in [-0.2, 0) is 16.6 Å². The number of carbonyl (C=O) groups is 3. The molecule has 0 aromatic carbocycles. The number of carbonyl (C=O) groups excluding carboxylic acids is 2. The van der Waals surface area contributed by atoms with Crippen LogP contribution in [0.25, 0.3) is 0 Å². The van der Waals surface area contributed by atoms with Crippen molar-refractivity contribution in [2.45, 2.75) is 19.3 Å². The molecule has 1 aromatic rings. The highest BCUT2D eigenvalue weighted by Gasteiger charge is 2.44. The molecule has 2 N–H and O–H groups in total. The number of nitrogens with one attached hydrogen (secondary N) is 1. The van der Waals surface area contributed by atoms with E-state index >= 15 is 0 Å². The highest BCUT2D eigenvalue weighted by Crippen LogP contribution is 2.50. The van der Waals surface area contributed by atoms with E-state index in [1.807, 2.05) is 0 Å². The zero-order chi connectivity index (χ0) is 15.5. The molecule has 1 aliphatic rings. The first kappa shape index (κ1) is 15.6. The van der Waals surface area contributed by atoms with Gasteiger partial charge in [0.1, 0.15) is 5.69 Å². The van der Waals surface area contributed by atoms with Gasteiger partial charge in [0, 0.05) is 13.2 Å². The highest BCUT2D eigenvalue weighted by atomic mass is 32.2. The molecule has 1 fully saturated rings. The monoisotopic (exact) mass is 310 g/mol. The highest BCUT2D eigenvalue weighted by molar-refractivity contribution is 8.00. The van der Waals surface area contributed by atoms with E-state index in [0.717, 1.165) is 12.8 Å². The molecule has 0 unspecified atom stereocenters. The summed E-state index contributed by atoms with van der Waals surface area (Å²) >= 11 is 1.38. The van der Waals surface area contributed by atoms with Crippen LogP contribution in [0.4, 0.5) is 0 Å². The van der Waals surface area contributed by atoms with Gasteiger partial charge in [-0.15, -0.1) is 0 Å². The van der Waals surface area contributed by atoms with E-state index in [4.69, 9.17) is 5.11 Å². The van der Waals surface area contributed by atoms with Crippen LogP contribution in [0.15, 0.2) is 18.3 Å². The zero-order valence-corrected chi connectivity index (χ0v) is 12.6. The van der Waals surface area contributed by atoms with Crippen molar-refractivity contribution < 1.29 is 19.5 Å². The summed E-state index contributed by atoms with van der Waals surface area (Å²) in [5.41, 5.74) is 0.289. The Morgan fingerprint density at radius 3 is 2.67 bits per heavy atom. The van der Waals surface area contributed by atoms with Crippen molar-refractivity contribution in [2.24, 2.45) is 12.5 Å². The molecule has 21 heavy (non-hydrogen) atoms. The molecule has 0 aliphatic heterocycles. The summed E-state index contributed by atoms with van der Waals surface area (Å²) in [6, 6.07) is 3.37. The lowest BCUT2D eigenvalue weighted by molar-refractivity contribution is -0.138. The first-order valence-corrected chi connectivity index (χ1v) is 7.82. The summed E-state index contributed by atoms with van der Waals surface area (Å²) in [6.07, 6.45) is 3.69. The maximum absolute atomic E-state index is 11.8. The number of nitrogens with zero attached hydrogens (tertiary/aromatic N) is 1. The van der Waals surface area contributed by atoms with E-state index in [-0.39, 0.29) is 23.5 Å². The molecule has 0 atom stereocenters. The lowest BCUT2D eigenvalue weighted by Gasteiger charge is -2.11. The third-order valence-electron chi connectivity index (χ3n) is 3.55. The first-order valence-electron chi connectivity index (χ1n) is 6.67. The fraction of sp³-hybridized carbons (Fsp3) is 0.500. The van der Waals surface area contributed by atoms with Crippen molar-refractivity contribution >= 4 is 29.5 Å². The summed E-state index contributed by atoms with van der Waals surface area (Å²) in [4.78, 5) is 34.3. The minimum atomic E-state index is -0.795. The van der Waals surface area contributed by atoms with Crippen LogP contribution in [-0.4, -0.2) is 39.0 Å². The minimum Gasteiger partial charge on any atom is -0.481 e. The Kier molecular flexibility index (Phi) is 4.72. The molecular weight excluding hydrogens is 292 g/mol. The Balaban J connectivity index is 1.72. The number of carboxylic acid groups (broad SMARTS) is 1. The Morgan fingerprint density at radius 1 is 1.43 bits per heavy atom. The number of aliphatic carboxylic acids is 1. The number of imide groups is 1. The molecule has 0 saturated heterocycles. The summed E-state index contributed by atoms with van der Waals surface area (Å²) in [5.74, 6) is -0.753. The Hall–Kier alpha value is -1.76. The van der Waals surface area contributed by atoms with E-state index < -0.39 is 11.9 Å². The van der Waals surface area contributed by atoms with Gasteiger partial charge in [0.15, 0.2) is 0 Å². The molecule has 1 heterocycles. The van der Waals surface area contributed by atoms with Gasteiger partial charge in [-0.25, -0.2) is 0 Å². The quantitative estimate of drug-likeness (QED) is 0.792. The van der Waals surface area contributed by atoms with Crippen molar-refractivity contribution in [3.8, 4) is 0 Å². The van der Waals surface area contributed by atoms with E-state index in [0.29, 0.717) is 11.4 Å². The van der Waals surface area contributed by atoms with Crippen LogP contribution in [0.3, 0.4) is 0 Å². The van der Waals surface area contributed by atoms with Crippen LogP contribution in [0, 0.1) is 5.41 Å². The Bertz CT molecular complexity index is 563. The molecule has 1 aromatic heterocycles. The number of carboxylic acids is 1. The lowest BCUT2D eigenvalue weighted by atomic mass is 10.1. The van der Waals surface area contributed by atoms with Gasteiger partial charge in [0.05, 0.1) is 12.2 Å². The van der Waals surface area contributed by atoms with Crippen LogP contribution in [0.2, 0.25) is 0 Å². The third kappa shape index (κ3) is 4.35.